The van der Waals surface area contributed by atoms with Gasteiger partial charge in [-0.25, -0.2) is 4.79 Å². The third kappa shape index (κ3) is 4.91. The second-order valence-electron chi connectivity index (χ2n) is 7.31. The smallest absolute Gasteiger partial charge is 0.355 e. The number of halogens is 2. The molecule has 3 rings (SSSR count). The number of hydrogen-bond acceptors (Lipinski definition) is 8. The molecule has 0 spiro atoms. The van der Waals surface area contributed by atoms with E-state index in [9.17, 15) is 9.59 Å². The Kier molecular flexibility index (Phi) is 9.42. The topological polar surface area (TPSA) is 111 Å². The number of benzene rings is 2. The lowest BCUT2D eigenvalue weighted by Crippen LogP contribution is -2.35. The number of carbonyl (C=O) groups excluding carboxylic acids is 1. The highest BCUT2D eigenvalue weighted by Gasteiger charge is 2.28. The number of aromatic nitrogens is 1. The maximum Gasteiger partial charge on any atom is 0.355 e. The van der Waals surface area contributed by atoms with E-state index in [1.165, 1.54) is 40.1 Å². The van der Waals surface area contributed by atoms with Crippen LogP contribution in [0.4, 0.5) is 0 Å². The van der Waals surface area contributed by atoms with E-state index >= 15 is 0 Å². The maximum absolute atomic E-state index is 13.6. The van der Waals surface area contributed by atoms with Gasteiger partial charge in [-0.05, 0) is 52.2 Å². The standard InChI is InChI=1S/C24H27BrN2O7.ClH/c1-7-19(26)27-21(24(29)34-6)20(12-8-15(25)22(33-5)18(9-12)32-4)13-10-16(30-2)17(31-3)11-14(13)23(27)28;/h8-11,19H,7,26H2,1-6H3;1H. The molecule has 0 bridgehead atoms. The minimum atomic E-state index is -0.776. The summed E-state index contributed by atoms with van der Waals surface area (Å²) in [7, 11) is 7.26. The summed E-state index contributed by atoms with van der Waals surface area (Å²) in [5, 5.41) is 0.761. The molecule has 1 atom stereocenters. The van der Waals surface area contributed by atoms with Crippen LogP contribution in [0.1, 0.15) is 30.0 Å². The van der Waals surface area contributed by atoms with Crippen molar-refractivity contribution in [2.24, 2.45) is 5.73 Å². The van der Waals surface area contributed by atoms with Crippen molar-refractivity contribution in [3.63, 3.8) is 0 Å². The Hall–Kier alpha value is -2.95. The number of rotatable bonds is 8. The van der Waals surface area contributed by atoms with Crippen molar-refractivity contribution in [2.75, 3.05) is 35.5 Å². The molecular weight excluding hydrogens is 544 g/mol. The largest absolute Gasteiger partial charge is 0.493 e. The molecule has 0 aliphatic heterocycles. The van der Waals surface area contributed by atoms with Crippen LogP contribution in [0, 0.1) is 0 Å². The van der Waals surface area contributed by atoms with E-state index in [1.54, 1.807) is 24.3 Å². The predicted molar refractivity (Wildman–Crippen MR) is 140 cm³/mol. The Labute approximate surface area is 217 Å². The van der Waals surface area contributed by atoms with Crippen LogP contribution >= 0.6 is 28.3 Å². The van der Waals surface area contributed by atoms with Gasteiger partial charge in [-0.3, -0.25) is 9.36 Å². The summed E-state index contributed by atoms with van der Waals surface area (Å²) in [6, 6.07) is 6.72. The van der Waals surface area contributed by atoms with Crippen molar-refractivity contribution < 1.29 is 28.5 Å². The lowest BCUT2D eigenvalue weighted by molar-refractivity contribution is 0.0585. The molecule has 1 heterocycles. The van der Waals surface area contributed by atoms with E-state index < -0.39 is 17.7 Å². The van der Waals surface area contributed by atoms with Gasteiger partial charge in [-0.2, -0.15) is 0 Å². The molecule has 9 nitrogen and oxygen atoms in total. The average Bonchev–Trinajstić information content (AvgIpc) is 2.86. The molecule has 2 aromatic carbocycles. The predicted octanol–water partition coefficient (Wildman–Crippen LogP) is 4.54. The zero-order chi connectivity index (χ0) is 25.2. The van der Waals surface area contributed by atoms with Gasteiger partial charge in [-0.1, -0.05) is 6.92 Å². The molecule has 0 radical (unpaired) electrons. The van der Waals surface area contributed by atoms with E-state index in [0.717, 1.165) is 0 Å². The zero-order valence-electron chi connectivity index (χ0n) is 20.3. The second-order valence-corrected chi connectivity index (χ2v) is 8.17. The fraction of sp³-hybridized carbons (Fsp3) is 0.333. The van der Waals surface area contributed by atoms with Crippen LogP contribution < -0.4 is 30.2 Å². The molecule has 1 unspecified atom stereocenters. The third-order valence-corrected chi connectivity index (χ3v) is 6.16. The summed E-state index contributed by atoms with van der Waals surface area (Å²) in [5.41, 5.74) is 6.89. The fourth-order valence-electron chi connectivity index (χ4n) is 3.89. The highest BCUT2D eigenvalue weighted by molar-refractivity contribution is 9.10. The van der Waals surface area contributed by atoms with Gasteiger partial charge in [0.1, 0.15) is 5.69 Å². The normalized spacial score (nSPS) is 11.4. The molecule has 0 aliphatic carbocycles. The van der Waals surface area contributed by atoms with Crippen LogP contribution in [0.5, 0.6) is 23.0 Å². The number of methoxy groups -OCH3 is 5. The van der Waals surface area contributed by atoms with Gasteiger partial charge >= 0.3 is 5.97 Å². The molecule has 0 amide bonds. The first-order chi connectivity index (χ1) is 16.3. The number of ether oxygens (including phenoxy) is 5. The second kappa shape index (κ2) is 11.7. The number of pyridine rings is 1. The first kappa shape index (κ1) is 28.3. The molecule has 3 aromatic rings. The number of esters is 1. The van der Waals surface area contributed by atoms with Crippen LogP contribution in [0.15, 0.2) is 33.5 Å². The minimum Gasteiger partial charge on any atom is -0.493 e. The lowest BCUT2D eigenvalue weighted by atomic mass is 9.95. The van der Waals surface area contributed by atoms with Gasteiger partial charge in [0.25, 0.3) is 5.56 Å². The molecule has 2 N–H and O–H groups in total. The fourth-order valence-corrected chi connectivity index (χ4v) is 4.50. The zero-order valence-corrected chi connectivity index (χ0v) is 22.7. The van der Waals surface area contributed by atoms with E-state index in [-0.39, 0.29) is 18.1 Å². The molecule has 0 saturated carbocycles. The van der Waals surface area contributed by atoms with Crippen LogP contribution in [0.2, 0.25) is 0 Å². The number of hydrogen-bond donors (Lipinski definition) is 1. The van der Waals surface area contributed by atoms with Crippen molar-refractivity contribution in [2.45, 2.75) is 19.5 Å². The summed E-state index contributed by atoms with van der Waals surface area (Å²) in [5.74, 6) is 0.956. The number of nitrogens with zero attached hydrogens (tertiary/aromatic N) is 1. The maximum atomic E-state index is 13.6. The highest BCUT2D eigenvalue weighted by Crippen LogP contribution is 2.43. The van der Waals surface area contributed by atoms with E-state index in [2.05, 4.69) is 15.9 Å². The number of fused-ring (bicyclic) bond motifs is 1. The Balaban J connectivity index is 0.00000432. The van der Waals surface area contributed by atoms with Crippen molar-refractivity contribution >= 4 is 45.1 Å². The summed E-state index contributed by atoms with van der Waals surface area (Å²) in [4.78, 5) is 26.8. The lowest BCUT2D eigenvalue weighted by Gasteiger charge is -2.23. The average molecular weight is 572 g/mol. The van der Waals surface area contributed by atoms with Crippen LogP contribution in [-0.2, 0) is 4.74 Å². The summed E-state index contributed by atoms with van der Waals surface area (Å²) in [6.07, 6.45) is -0.376. The molecule has 190 valence electrons. The van der Waals surface area contributed by atoms with Gasteiger partial charge in [0.2, 0.25) is 0 Å². The van der Waals surface area contributed by atoms with Gasteiger partial charge < -0.3 is 29.4 Å². The molecule has 11 heteroatoms. The Bertz CT molecular complexity index is 1310. The van der Waals surface area contributed by atoms with Crippen molar-refractivity contribution in [1.82, 2.24) is 4.57 Å². The van der Waals surface area contributed by atoms with Gasteiger partial charge in [0.15, 0.2) is 23.0 Å². The van der Waals surface area contributed by atoms with Crippen molar-refractivity contribution in [1.29, 1.82) is 0 Å². The van der Waals surface area contributed by atoms with Crippen molar-refractivity contribution in [3.8, 4) is 34.1 Å². The molecular formula is C24H28BrClN2O7. The highest BCUT2D eigenvalue weighted by atomic mass is 79.9. The third-order valence-electron chi connectivity index (χ3n) is 5.57. The van der Waals surface area contributed by atoms with E-state index in [4.69, 9.17) is 29.4 Å². The Morgan fingerprint density at radius 3 is 2.00 bits per heavy atom. The van der Waals surface area contributed by atoms with Crippen LogP contribution in [0.3, 0.4) is 0 Å². The first-order valence-corrected chi connectivity index (χ1v) is 11.2. The molecule has 35 heavy (non-hydrogen) atoms. The monoisotopic (exact) mass is 570 g/mol. The SMILES string of the molecule is CCC(N)n1c(C(=O)OC)c(-c2cc(Br)c(OC)c(OC)c2)c2cc(OC)c(OC)cc2c1=O.Cl. The Morgan fingerprint density at radius 1 is 0.943 bits per heavy atom. The van der Waals surface area contributed by atoms with Gasteiger partial charge in [0, 0.05) is 10.9 Å². The molecule has 0 fully saturated rings. The molecule has 0 saturated heterocycles. The summed E-state index contributed by atoms with van der Waals surface area (Å²) < 4.78 is 28.8. The first-order valence-electron chi connectivity index (χ1n) is 10.4. The molecule has 1 aromatic heterocycles. The molecule has 0 aliphatic rings. The number of nitrogens with two attached hydrogens (primary N) is 1. The quantitative estimate of drug-likeness (QED) is 0.392. The van der Waals surface area contributed by atoms with Crippen LogP contribution in [0.25, 0.3) is 21.9 Å². The van der Waals surface area contributed by atoms with E-state index in [1.807, 2.05) is 6.92 Å². The number of carbonyl (C=O) groups is 1. The van der Waals surface area contributed by atoms with Crippen LogP contribution in [-0.4, -0.2) is 46.1 Å². The Morgan fingerprint density at radius 2 is 1.51 bits per heavy atom. The van der Waals surface area contributed by atoms with Gasteiger partial charge in [-0.15, -0.1) is 12.4 Å². The summed E-state index contributed by atoms with van der Waals surface area (Å²) >= 11 is 3.51. The summed E-state index contributed by atoms with van der Waals surface area (Å²) in [6.45, 7) is 1.82. The van der Waals surface area contributed by atoms with E-state index in [0.29, 0.717) is 55.8 Å². The van der Waals surface area contributed by atoms with Crippen molar-refractivity contribution in [3.05, 3.63) is 44.8 Å². The minimum absolute atomic E-state index is 0. The van der Waals surface area contributed by atoms with Gasteiger partial charge in [0.05, 0.1) is 51.6 Å².